The minimum atomic E-state index is -1.01. The molecule has 1 fully saturated rings. The number of fused-ring (bicyclic) bond motifs is 4. The second-order valence-corrected chi connectivity index (χ2v) is 9.13. The van der Waals surface area contributed by atoms with Crippen molar-refractivity contribution in [2.75, 3.05) is 41.4 Å². The fourth-order valence-electron chi connectivity index (χ4n) is 4.17. The Hall–Kier alpha value is -3.81. The second-order valence-electron chi connectivity index (χ2n) is 8.41. The zero-order valence-corrected chi connectivity index (χ0v) is 20.0. The van der Waals surface area contributed by atoms with E-state index in [1.807, 2.05) is 11.4 Å². The van der Waals surface area contributed by atoms with Gasteiger partial charge in [-0.3, -0.25) is 15.0 Å². The van der Waals surface area contributed by atoms with Crippen molar-refractivity contribution in [3.63, 3.8) is 0 Å². The molecule has 4 N–H and O–H groups in total. The number of rotatable bonds is 8. The van der Waals surface area contributed by atoms with Crippen LogP contribution in [0.4, 0.5) is 22.1 Å². The van der Waals surface area contributed by atoms with Gasteiger partial charge in [-0.2, -0.15) is 0 Å². The Bertz CT molecular complexity index is 1240. The van der Waals surface area contributed by atoms with E-state index in [0.29, 0.717) is 24.7 Å². The lowest BCUT2D eigenvalue weighted by molar-refractivity contribution is 0.0536. The van der Waals surface area contributed by atoms with Crippen molar-refractivity contribution in [3.8, 4) is 5.75 Å². The molecular formula is C23H25N7O5S. The van der Waals surface area contributed by atoms with Crippen molar-refractivity contribution in [2.24, 2.45) is 0 Å². The normalized spacial score (nSPS) is 16.9. The van der Waals surface area contributed by atoms with Crippen LogP contribution in [0.15, 0.2) is 41.4 Å². The topological polar surface area (TPSA) is 153 Å². The van der Waals surface area contributed by atoms with Crippen molar-refractivity contribution in [3.05, 3.63) is 52.7 Å². The number of carbonyl (C=O) groups is 2. The molecule has 0 saturated carbocycles. The molecule has 3 aromatic rings. The first-order valence-electron chi connectivity index (χ1n) is 11.4. The summed E-state index contributed by atoms with van der Waals surface area (Å²) in [6.07, 6.45) is 1.23. The number of pyridine rings is 2. The van der Waals surface area contributed by atoms with Crippen molar-refractivity contribution >= 4 is 40.6 Å². The number of nitrogens with one attached hydrogen (secondary N) is 2. The Balaban J connectivity index is 1.34. The molecule has 1 saturated heterocycles. The lowest BCUT2D eigenvalue weighted by Crippen LogP contribution is -2.48. The number of nitrogens with zero attached hydrogens (tertiary/aromatic N) is 5. The molecule has 0 aliphatic carbocycles. The van der Waals surface area contributed by atoms with E-state index in [1.165, 1.54) is 23.6 Å². The highest BCUT2D eigenvalue weighted by Gasteiger charge is 2.40. The molecule has 36 heavy (non-hydrogen) atoms. The van der Waals surface area contributed by atoms with Gasteiger partial charge >= 0.3 is 6.03 Å². The standard InChI is InChI=1S/C23H25N7O5S/c31-10-16(32)11-35-17-3-5-24-20(7-17)28-23(34)30-15-4-6-29(9-15)19-2-1-18(27-21(19)30)22(33)25-8-14-12-36-13-26-14/h1-3,5,7,12-13,15-16,31-32H,4,6,8-11H2,(H,25,33)(H,24,28,34)/t15-,16+/m0/s1. The maximum atomic E-state index is 13.4. The van der Waals surface area contributed by atoms with Gasteiger partial charge in [0.05, 0.1) is 36.1 Å². The molecule has 0 spiro atoms. The Kier molecular flexibility index (Phi) is 6.93. The summed E-state index contributed by atoms with van der Waals surface area (Å²) in [6, 6.07) is 6.08. The van der Waals surface area contributed by atoms with Crippen LogP contribution in [0.3, 0.4) is 0 Å². The van der Waals surface area contributed by atoms with Crippen molar-refractivity contribution in [2.45, 2.75) is 25.1 Å². The van der Waals surface area contributed by atoms with Crippen LogP contribution in [-0.2, 0) is 6.54 Å². The number of ether oxygens (including phenoxy) is 1. The number of anilines is 3. The van der Waals surface area contributed by atoms with Crippen LogP contribution in [0, 0.1) is 0 Å². The van der Waals surface area contributed by atoms with Gasteiger partial charge in [0.25, 0.3) is 5.91 Å². The average Bonchev–Trinajstić information content (AvgIpc) is 3.57. The minimum Gasteiger partial charge on any atom is -0.491 e. The van der Waals surface area contributed by atoms with Gasteiger partial charge in [0.1, 0.15) is 30.0 Å². The quantitative estimate of drug-likeness (QED) is 0.350. The summed E-state index contributed by atoms with van der Waals surface area (Å²) in [4.78, 5) is 42.8. The number of amides is 3. The van der Waals surface area contributed by atoms with E-state index in [0.717, 1.165) is 24.3 Å². The molecule has 13 heteroatoms. The zero-order chi connectivity index (χ0) is 25.1. The highest BCUT2D eigenvalue weighted by Crippen LogP contribution is 2.39. The lowest BCUT2D eigenvalue weighted by Gasteiger charge is -2.35. The van der Waals surface area contributed by atoms with Crippen LogP contribution < -0.4 is 25.2 Å². The predicted molar refractivity (Wildman–Crippen MR) is 132 cm³/mol. The molecule has 188 valence electrons. The summed E-state index contributed by atoms with van der Waals surface area (Å²) < 4.78 is 5.44. The number of aromatic nitrogens is 3. The Labute approximate surface area is 210 Å². The van der Waals surface area contributed by atoms with Gasteiger partial charge in [0.15, 0.2) is 5.82 Å². The van der Waals surface area contributed by atoms with Gasteiger partial charge in [-0.25, -0.2) is 19.7 Å². The summed E-state index contributed by atoms with van der Waals surface area (Å²) in [7, 11) is 0. The van der Waals surface area contributed by atoms with E-state index >= 15 is 0 Å². The maximum absolute atomic E-state index is 13.4. The van der Waals surface area contributed by atoms with Crippen LogP contribution in [0.1, 0.15) is 22.6 Å². The molecule has 3 aromatic heterocycles. The molecule has 2 aliphatic heterocycles. The third kappa shape index (κ3) is 5.08. The third-order valence-electron chi connectivity index (χ3n) is 5.94. The van der Waals surface area contributed by atoms with Gasteiger partial charge in [0.2, 0.25) is 0 Å². The van der Waals surface area contributed by atoms with E-state index in [2.05, 4.69) is 30.5 Å². The van der Waals surface area contributed by atoms with Gasteiger partial charge in [-0.15, -0.1) is 11.3 Å². The zero-order valence-electron chi connectivity index (χ0n) is 19.2. The summed E-state index contributed by atoms with van der Waals surface area (Å²) in [5.74, 6) is 0.711. The number of aliphatic hydroxyl groups excluding tert-OH is 2. The van der Waals surface area contributed by atoms with Gasteiger partial charge in [-0.05, 0) is 24.6 Å². The summed E-state index contributed by atoms with van der Waals surface area (Å²) in [5, 5.41) is 25.9. The number of hydrogen-bond donors (Lipinski definition) is 4. The minimum absolute atomic E-state index is 0.0947. The molecule has 3 amide bonds. The van der Waals surface area contributed by atoms with Crippen LogP contribution >= 0.6 is 11.3 Å². The Morgan fingerprint density at radius 2 is 2.17 bits per heavy atom. The summed E-state index contributed by atoms with van der Waals surface area (Å²) >= 11 is 1.45. The van der Waals surface area contributed by atoms with Gasteiger partial charge in [0, 0.05) is 30.7 Å². The molecule has 5 rings (SSSR count). The number of carbonyl (C=O) groups excluding carboxylic acids is 2. The van der Waals surface area contributed by atoms with E-state index in [4.69, 9.17) is 9.84 Å². The molecule has 2 aliphatic rings. The second kappa shape index (κ2) is 10.4. The van der Waals surface area contributed by atoms with E-state index in [9.17, 15) is 14.7 Å². The average molecular weight is 512 g/mol. The third-order valence-corrected chi connectivity index (χ3v) is 6.57. The van der Waals surface area contributed by atoms with Crippen LogP contribution in [-0.4, -0.2) is 75.6 Å². The lowest BCUT2D eigenvalue weighted by atomic mass is 10.1. The van der Waals surface area contributed by atoms with E-state index < -0.39 is 18.7 Å². The number of aliphatic hydroxyl groups is 2. The molecular weight excluding hydrogens is 486 g/mol. The van der Waals surface area contributed by atoms with Gasteiger partial charge in [-0.1, -0.05) is 0 Å². The first-order valence-corrected chi connectivity index (χ1v) is 12.4. The smallest absolute Gasteiger partial charge is 0.329 e. The van der Waals surface area contributed by atoms with E-state index in [-0.39, 0.29) is 30.1 Å². The predicted octanol–water partition coefficient (Wildman–Crippen LogP) is 1.23. The van der Waals surface area contributed by atoms with Crippen LogP contribution in [0.2, 0.25) is 0 Å². The SMILES string of the molecule is O=C(NCc1cscn1)c1ccc2c(n1)N(C(=O)Nc1cc(OC[C@H](O)CO)ccn1)[C@H]1CCN2C1. The highest BCUT2D eigenvalue weighted by molar-refractivity contribution is 7.07. The molecule has 0 radical (unpaired) electrons. The fourth-order valence-corrected chi connectivity index (χ4v) is 4.73. The van der Waals surface area contributed by atoms with Gasteiger partial charge < -0.3 is 25.2 Å². The molecule has 2 bridgehead atoms. The van der Waals surface area contributed by atoms with E-state index in [1.54, 1.807) is 22.5 Å². The fraction of sp³-hybridized carbons (Fsp3) is 0.348. The number of thiazole rings is 1. The summed E-state index contributed by atoms with van der Waals surface area (Å²) in [5.41, 5.74) is 3.47. The highest BCUT2D eigenvalue weighted by atomic mass is 32.1. The Morgan fingerprint density at radius 3 is 2.97 bits per heavy atom. The molecule has 5 heterocycles. The number of hydrogen-bond acceptors (Lipinski definition) is 10. The molecule has 2 atom stereocenters. The molecule has 12 nitrogen and oxygen atoms in total. The molecule has 0 unspecified atom stereocenters. The maximum Gasteiger partial charge on any atom is 0.329 e. The van der Waals surface area contributed by atoms with Crippen LogP contribution in [0.5, 0.6) is 5.75 Å². The number of urea groups is 1. The monoisotopic (exact) mass is 511 g/mol. The first-order chi connectivity index (χ1) is 17.5. The first kappa shape index (κ1) is 23.9. The van der Waals surface area contributed by atoms with Crippen LogP contribution in [0.25, 0.3) is 0 Å². The van der Waals surface area contributed by atoms with Crippen molar-refractivity contribution < 1.29 is 24.5 Å². The largest absolute Gasteiger partial charge is 0.491 e. The van der Waals surface area contributed by atoms with Crippen molar-refractivity contribution in [1.29, 1.82) is 0 Å². The molecule has 0 aromatic carbocycles. The Morgan fingerprint density at radius 1 is 1.28 bits per heavy atom. The van der Waals surface area contributed by atoms with Crippen molar-refractivity contribution in [1.82, 2.24) is 20.3 Å². The summed E-state index contributed by atoms with van der Waals surface area (Å²) in [6.45, 7) is 1.24.